The van der Waals surface area contributed by atoms with Crippen molar-refractivity contribution in [2.75, 3.05) is 7.11 Å². The van der Waals surface area contributed by atoms with Gasteiger partial charge in [-0.3, -0.25) is 0 Å². The van der Waals surface area contributed by atoms with E-state index < -0.39 is 0 Å². The lowest BCUT2D eigenvalue weighted by atomic mass is 9.73. The second-order valence-electron chi connectivity index (χ2n) is 8.16. The third-order valence-corrected chi connectivity index (χ3v) is 6.69. The van der Waals surface area contributed by atoms with Crippen LogP contribution in [0.25, 0.3) is 29.5 Å². The van der Waals surface area contributed by atoms with E-state index in [-0.39, 0.29) is 5.41 Å². The molecule has 0 amide bonds. The van der Waals surface area contributed by atoms with E-state index in [0.29, 0.717) is 0 Å². The summed E-state index contributed by atoms with van der Waals surface area (Å²) in [6, 6.07) is 20.4. The van der Waals surface area contributed by atoms with E-state index in [1.165, 1.54) is 44.2 Å². The fourth-order valence-corrected chi connectivity index (χ4v) is 5.19. The van der Waals surface area contributed by atoms with Crippen LogP contribution in [0.4, 0.5) is 0 Å². The smallest absolute Gasteiger partial charge is 0.0903 e. The Balaban J connectivity index is 1.85. The molecule has 144 valence electrons. The van der Waals surface area contributed by atoms with E-state index in [2.05, 4.69) is 86.7 Å². The molecular formula is C28H26O. The fourth-order valence-electron chi connectivity index (χ4n) is 5.19. The number of fused-ring (bicyclic) bond motifs is 5. The molecule has 0 bridgehead atoms. The van der Waals surface area contributed by atoms with Gasteiger partial charge in [-0.05, 0) is 76.9 Å². The van der Waals surface area contributed by atoms with Gasteiger partial charge >= 0.3 is 0 Å². The van der Waals surface area contributed by atoms with Gasteiger partial charge in [0.25, 0.3) is 0 Å². The minimum absolute atomic E-state index is 0.186. The van der Waals surface area contributed by atoms with Crippen LogP contribution >= 0.6 is 0 Å². The van der Waals surface area contributed by atoms with Gasteiger partial charge in [0, 0.05) is 10.6 Å². The van der Waals surface area contributed by atoms with Gasteiger partial charge in [-0.2, -0.15) is 0 Å². The monoisotopic (exact) mass is 378 g/mol. The lowest BCUT2D eigenvalue weighted by Gasteiger charge is -2.29. The van der Waals surface area contributed by atoms with E-state index in [1.54, 1.807) is 7.11 Å². The number of hydrogen-bond acceptors (Lipinski definition) is 1. The molecule has 2 aliphatic rings. The van der Waals surface area contributed by atoms with Gasteiger partial charge in [0.1, 0.15) is 0 Å². The third-order valence-electron chi connectivity index (χ3n) is 6.69. The highest BCUT2D eigenvalue weighted by Gasteiger charge is 2.41. The summed E-state index contributed by atoms with van der Waals surface area (Å²) in [5.41, 5.74) is 9.57. The van der Waals surface area contributed by atoms with Gasteiger partial charge in [-0.25, -0.2) is 0 Å². The number of allylic oxidation sites excluding steroid dienone is 1. The summed E-state index contributed by atoms with van der Waals surface area (Å²) in [5, 5.41) is 2.32. The van der Waals surface area contributed by atoms with Gasteiger partial charge in [0.2, 0.25) is 0 Å². The summed E-state index contributed by atoms with van der Waals surface area (Å²) in [7, 11) is 1.71. The Morgan fingerprint density at radius 2 is 1.83 bits per heavy atom. The van der Waals surface area contributed by atoms with E-state index >= 15 is 0 Å². The maximum Gasteiger partial charge on any atom is 0.0903 e. The second kappa shape index (κ2) is 6.77. The van der Waals surface area contributed by atoms with Crippen molar-refractivity contribution in [3.05, 3.63) is 98.9 Å². The molecule has 0 spiro atoms. The largest absolute Gasteiger partial charge is 0.504 e. The van der Waals surface area contributed by atoms with E-state index in [9.17, 15) is 0 Å². The zero-order valence-corrected chi connectivity index (χ0v) is 17.3. The van der Waals surface area contributed by atoms with Crippen molar-refractivity contribution >= 4 is 18.4 Å². The number of hydrogen-bond donors (Lipinski definition) is 0. The highest BCUT2D eigenvalue weighted by Crippen LogP contribution is 2.54. The van der Waals surface area contributed by atoms with Crippen LogP contribution in [-0.4, -0.2) is 7.11 Å². The summed E-state index contributed by atoms with van der Waals surface area (Å²) in [6.45, 7) is 4.44. The summed E-state index contributed by atoms with van der Waals surface area (Å²) < 4.78 is 5.38. The first-order chi connectivity index (χ1) is 14.2. The van der Waals surface area contributed by atoms with Crippen LogP contribution in [0.3, 0.4) is 0 Å². The SMILES string of the molecule is C/C=c1/ccc(C2(C)c3ccccc3-c3c2ccc2c3C=CCC2)c/c1=C/OC. The Hall–Kier alpha value is -3.06. The first-order valence-corrected chi connectivity index (χ1v) is 10.4. The molecule has 0 aromatic heterocycles. The first-order valence-electron chi connectivity index (χ1n) is 10.4. The van der Waals surface area contributed by atoms with Crippen LogP contribution < -0.4 is 10.4 Å². The van der Waals surface area contributed by atoms with Crippen molar-refractivity contribution in [3.63, 3.8) is 0 Å². The quantitative estimate of drug-likeness (QED) is 0.598. The Morgan fingerprint density at radius 3 is 2.66 bits per heavy atom. The topological polar surface area (TPSA) is 9.23 Å². The van der Waals surface area contributed by atoms with Crippen molar-refractivity contribution in [2.24, 2.45) is 0 Å². The van der Waals surface area contributed by atoms with Gasteiger partial charge < -0.3 is 4.74 Å². The van der Waals surface area contributed by atoms with Crippen molar-refractivity contribution in [2.45, 2.75) is 32.1 Å². The number of aryl methyl sites for hydroxylation is 1. The molecule has 0 fully saturated rings. The number of rotatable bonds is 2. The normalized spacial score (nSPS) is 20.4. The number of methoxy groups -OCH3 is 1. The van der Waals surface area contributed by atoms with Crippen molar-refractivity contribution in [1.82, 2.24) is 0 Å². The molecule has 0 saturated heterocycles. The molecule has 1 atom stereocenters. The zero-order valence-electron chi connectivity index (χ0n) is 17.3. The second-order valence-corrected chi connectivity index (χ2v) is 8.16. The molecule has 1 heteroatoms. The van der Waals surface area contributed by atoms with Gasteiger partial charge in [0.15, 0.2) is 0 Å². The fraction of sp³-hybridized carbons (Fsp3) is 0.214. The summed E-state index contributed by atoms with van der Waals surface area (Å²) >= 11 is 0. The molecule has 1 unspecified atom stereocenters. The molecule has 0 N–H and O–H groups in total. The minimum atomic E-state index is -0.186. The molecule has 0 saturated carbocycles. The van der Waals surface area contributed by atoms with E-state index in [0.717, 1.165) is 18.1 Å². The molecule has 0 radical (unpaired) electrons. The highest BCUT2D eigenvalue weighted by molar-refractivity contribution is 5.90. The predicted molar refractivity (Wildman–Crippen MR) is 122 cm³/mol. The van der Waals surface area contributed by atoms with Crippen LogP contribution in [0.1, 0.15) is 48.1 Å². The number of benzene rings is 3. The molecule has 29 heavy (non-hydrogen) atoms. The zero-order chi connectivity index (χ0) is 20.0. The lowest BCUT2D eigenvalue weighted by Crippen LogP contribution is -2.30. The Kier molecular flexibility index (Phi) is 4.20. The van der Waals surface area contributed by atoms with Crippen LogP contribution in [0.5, 0.6) is 0 Å². The van der Waals surface area contributed by atoms with Crippen LogP contribution in [-0.2, 0) is 16.6 Å². The van der Waals surface area contributed by atoms with Gasteiger partial charge in [0.05, 0.1) is 13.4 Å². The maximum atomic E-state index is 5.38. The van der Waals surface area contributed by atoms with Crippen LogP contribution in [0.2, 0.25) is 0 Å². The molecule has 1 nitrogen and oxygen atoms in total. The van der Waals surface area contributed by atoms with Gasteiger partial charge in [-0.15, -0.1) is 0 Å². The van der Waals surface area contributed by atoms with Gasteiger partial charge in [-0.1, -0.05) is 66.8 Å². The van der Waals surface area contributed by atoms with Crippen molar-refractivity contribution in [3.8, 4) is 11.1 Å². The predicted octanol–water partition coefficient (Wildman–Crippen LogP) is 5.17. The average molecular weight is 379 g/mol. The standard InChI is InChI=1S/C28H26O/c1-4-19-13-15-22(17-21(19)18-29-3)28(2)25-12-8-7-11-24(25)27-23-10-6-5-9-20(23)14-16-26(27)28/h4,6-8,10-18H,5,9H2,1-3H3/b19-4-,21-18-. The highest BCUT2D eigenvalue weighted by atomic mass is 16.5. The molecule has 2 aliphatic carbocycles. The summed E-state index contributed by atoms with van der Waals surface area (Å²) in [5.74, 6) is 0. The third kappa shape index (κ3) is 2.54. The van der Waals surface area contributed by atoms with Crippen molar-refractivity contribution in [1.29, 1.82) is 0 Å². The lowest BCUT2D eigenvalue weighted by molar-refractivity contribution is 0.391. The molecule has 3 aromatic carbocycles. The first kappa shape index (κ1) is 18.0. The van der Waals surface area contributed by atoms with Crippen molar-refractivity contribution < 1.29 is 4.74 Å². The molecular weight excluding hydrogens is 352 g/mol. The Labute approximate surface area is 172 Å². The molecule has 0 heterocycles. The average Bonchev–Trinajstić information content (AvgIpc) is 3.04. The summed E-state index contributed by atoms with van der Waals surface area (Å²) in [4.78, 5) is 0. The molecule has 5 rings (SSSR count). The number of ether oxygens (including phenoxy) is 1. The van der Waals surface area contributed by atoms with E-state index in [4.69, 9.17) is 4.74 Å². The Bertz CT molecular complexity index is 1260. The van der Waals surface area contributed by atoms with Crippen LogP contribution in [0, 0.1) is 0 Å². The van der Waals surface area contributed by atoms with Crippen LogP contribution in [0.15, 0.2) is 60.7 Å². The summed E-state index contributed by atoms with van der Waals surface area (Å²) in [6.07, 6.45) is 10.9. The Morgan fingerprint density at radius 1 is 0.966 bits per heavy atom. The van der Waals surface area contributed by atoms with E-state index in [1.807, 2.05) is 6.26 Å². The minimum Gasteiger partial charge on any atom is -0.504 e. The molecule has 3 aromatic rings. The molecule has 0 aliphatic heterocycles. The maximum absolute atomic E-state index is 5.38.